The van der Waals surface area contributed by atoms with Crippen molar-refractivity contribution in [3.05, 3.63) is 47.3 Å². The number of nitrogens with one attached hydrogen (secondary N) is 1. The molecule has 0 saturated carbocycles. The van der Waals surface area contributed by atoms with Gasteiger partial charge in [-0.05, 0) is 25.0 Å². The lowest BCUT2D eigenvalue weighted by Crippen LogP contribution is -2.50. The van der Waals surface area contributed by atoms with E-state index in [1.807, 2.05) is 18.5 Å². The van der Waals surface area contributed by atoms with Crippen LogP contribution in [0, 0.1) is 16.7 Å². The molecule has 1 spiro atoms. The van der Waals surface area contributed by atoms with Crippen LogP contribution in [0.15, 0.2) is 52.3 Å². The molecule has 3 unspecified atom stereocenters. The molecule has 0 bridgehead atoms. The van der Waals surface area contributed by atoms with Crippen LogP contribution < -0.4 is 5.32 Å². The number of hydrogen-bond donors (Lipinski definition) is 1. The minimum absolute atomic E-state index is 0.0366. The number of allylic oxidation sites excluding steroid dienone is 4. The Morgan fingerprint density at radius 1 is 1.48 bits per heavy atom. The van der Waals surface area contributed by atoms with E-state index < -0.39 is 0 Å². The molecule has 0 aromatic rings. The van der Waals surface area contributed by atoms with Gasteiger partial charge >= 0.3 is 0 Å². The smallest absolute Gasteiger partial charge is 0.0914 e. The highest BCUT2D eigenvalue weighted by molar-refractivity contribution is 6.14. The first kappa shape index (κ1) is 16.4. The Morgan fingerprint density at radius 2 is 2.36 bits per heavy atom. The molecule has 3 atom stereocenters. The fourth-order valence-corrected chi connectivity index (χ4v) is 4.75. The summed E-state index contributed by atoms with van der Waals surface area (Å²) >= 11 is 6.62. The zero-order chi connectivity index (χ0) is 17.4. The van der Waals surface area contributed by atoms with Crippen molar-refractivity contribution in [2.75, 3.05) is 26.2 Å². The van der Waals surface area contributed by atoms with Gasteiger partial charge in [0.25, 0.3) is 0 Å². The molecule has 1 saturated heterocycles. The second kappa shape index (κ2) is 6.36. The Balaban J connectivity index is 1.84. The maximum absolute atomic E-state index is 9.08. The number of nitriles is 1. The van der Waals surface area contributed by atoms with Crippen LogP contribution in [0.3, 0.4) is 0 Å². The third-order valence-corrected chi connectivity index (χ3v) is 6.01. The minimum atomic E-state index is -0.206. The van der Waals surface area contributed by atoms with Crippen LogP contribution in [0.1, 0.15) is 13.3 Å². The monoisotopic (exact) mass is 355 g/mol. The van der Waals surface area contributed by atoms with E-state index in [4.69, 9.17) is 17.0 Å². The van der Waals surface area contributed by atoms with Crippen LogP contribution >= 0.6 is 11.8 Å². The fourth-order valence-electron chi connectivity index (χ4n) is 4.44. The van der Waals surface area contributed by atoms with E-state index in [-0.39, 0.29) is 11.5 Å². The molecule has 1 N–H and O–H groups in total. The van der Waals surface area contributed by atoms with Crippen molar-refractivity contribution in [3.8, 4) is 6.07 Å². The number of hydrogen-bond acceptors (Lipinski definition) is 5. The van der Waals surface area contributed by atoms with Crippen molar-refractivity contribution < 1.29 is 0 Å². The molecule has 3 aliphatic heterocycles. The van der Waals surface area contributed by atoms with Crippen LogP contribution in [0.2, 0.25) is 0 Å². The van der Waals surface area contributed by atoms with Crippen LogP contribution in [0.4, 0.5) is 0 Å². The molecule has 5 nitrogen and oxygen atoms in total. The second-order valence-corrected chi connectivity index (χ2v) is 7.55. The standard InChI is InChI=1S/C19H22ClN5/c1-14-11-22-7-9-24(14)17-5-8-25(20)18-3-2-15(4-6-21)10-19(18)13-23-12-16(17)19/h2-5,8,12,14,18,22H,7,9-11,13H2,1H3/b15-4+. The maximum atomic E-state index is 9.08. The molecule has 1 aliphatic carbocycles. The van der Waals surface area contributed by atoms with Gasteiger partial charge in [-0.2, -0.15) is 5.26 Å². The van der Waals surface area contributed by atoms with Gasteiger partial charge in [-0.3, -0.25) is 9.41 Å². The number of halogens is 1. The zero-order valence-electron chi connectivity index (χ0n) is 14.3. The van der Waals surface area contributed by atoms with Gasteiger partial charge in [-0.1, -0.05) is 12.2 Å². The predicted octanol–water partition coefficient (Wildman–Crippen LogP) is 2.37. The summed E-state index contributed by atoms with van der Waals surface area (Å²) in [6.45, 7) is 5.87. The van der Waals surface area contributed by atoms with Gasteiger partial charge in [0.05, 0.1) is 18.7 Å². The fraction of sp³-hybridized carbons (Fsp3) is 0.474. The van der Waals surface area contributed by atoms with Crippen molar-refractivity contribution in [1.29, 1.82) is 5.26 Å². The van der Waals surface area contributed by atoms with E-state index in [9.17, 15) is 0 Å². The normalized spacial score (nSPS) is 35.6. The van der Waals surface area contributed by atoms with E-state index in [1.54, 1.807) is 10.5 Å². The molecule has 1 fully saturated rings. The van der Waals surface area contributed by atoms with Gasteiger partial charge < -0.3 is 10.2 Å². The summed E-state index contributed by atoms with van der Waals surface area (Å²) in [5.41, 5.74) is 3.30. The quantitative estimate of drug-likeness (QED) is 0.579. The van der Waals surface area contributed by atoms with Crippen LogP contribution in [-0.2, 0) is 0 Å². The molecular weight excluding hydrogens is 334 g/mol. The molecule has 25 heavy (non-hydrogen) atoms. The Bertz CT molecular complexity index is 756. The molecule has 0 aromatic carbocycles. The van der Waals surface area contributed by atoms with E-state index >= 15 is 0 Å². The first-order valence-corrected chi connectivity index (χ1v) is 9.10. The molecule has 3 heterocycles. The van der Waals surface area contributed by atoms with Gasteiger partial charge in [0.15, 0.2) is 0 Å². The summed E-state index contributed by atoms with van der Waals surface area (Å²) in [7, 11) is 0. The summed E-state index contributed by atoms with van der Waals surface area (Å²) in [5.74, 6) is 0. The highest BCUT2D eigenvalue weighted by Crippen LogP contribution is 2.49. The Kier molecular flexibility index (Phi) is 4.18. The van der Waals surface area contributed by atoms with Crippen molar-refractivity contribution in [2.45, 2.75) is 25.4 Å². The lowest BCUT2D eigenvalue weighted by Gasteiger charge is -2.43. The molecular formula is C19H22ClN5. The summed E-state index contributed by atoms with van der Waals surface area (Å²) in [5, 5.41) is 12.5. The third kappa shape index (κ3) is 2.61. The minimum Gasteiger partial charge on any atom is -0.366 e. The topological polar surface area (TPSA) is 54.7 Å². The van der Waals surface area contributed by atoms with Crippen molar-refractivity contribution >= 4 is 18.0 Å². The molecule has 6 heteroatoms. The average molecular weight is 356 g/mol. The van der Waals surface area contributed by atoms with E-state index in [2.05, 4.69) is 40.4 Å². The largest absolute Gasteiger partial charge is 0.366 e. The predicted molar refractivity (Wildman–Crippen MR) is 99.9 cm³/mol. The maximum Gasteiger partial charge on any atom is 0.0914 e. The lowest BCUT2D eigenvalue weighted by atomic mass is 9.67. The van der Waals surface area contributed by atoms with Gasteiger partial charge in [0, 0.05) is 72.6 Å². The Morgan fingerprint density at radius 3 is 3.16 bits per heavy atom. The van der Waals surface area contributed by atoms with Gasteiger partial charge in [-0.15, -0.1) is 0 Å². The third-order valence-electron chi connectivity index (χ3n) is 5.69. The van der Waals surface area contributed by atoms with Crippen molar-refractivity contribution in [1.82, 2.24) is 14.6 Å². The van der Waals surface area contributed by atoms with Gasteiger partial charge in [0.2, 0.25) is 0 Å². The van der Waals surface area contributed by atoms with E-state index in [1.165, 1.54) is 11.3 Å². The van der Waals surface area contributed by atoms with E-state index in [0.29, 0.717) is 12.6 Å². The van der Waals surface area contributed by atoms with Crippen molar-refractivity contribution in [2.24, 2.45) is 10.4 Å². The average Bonchev–Trinajstić information content (AvgIpc) is 2.95. The lowest BCUT2D eigenvalue weighted by molar-refractivity contribution is 0.217. The summed E-state index contributed by atoms with van der Waals surface area (Å²) in [4.78, 5) is 7.11. The van der Waals surface area contributed by atoms with Gasteiger partial charge in [0.1, 0.15) is 0 Å². The Labute approximate surface area is 153 Å². The summed E-state index contributed by atoms with van der Waals surface area (Å²) in [6, 6.07) is 2.62. The highest BCUT2D eigenvalue weighted by atomic mass is 35.5. The summed E-state index contributed by atoms with van der Waals surface area (Å²) in [6.07, 6.45) is 12.7. The van der Waals surface area contributed by atoms with Crippen LogP contribution in [0.25, 0.3) is 0 Å². The van der Waals surface area contributed by atoms with Crippen molar-refractivity contribution in [3.63, 3.8) is 0 Å². The van der Waals surface area contributed by atoms with E-state index in [0.717, 1.165) is 31.6 Å². The molecule has 4 aliphatic rings. The zero-order valence-corrected chi connectivity index (χ0v) is 15.1. The number of rotatable bonds is 1. The molecule has 0 amide bonds. The van der Waals surface area contributed by atoms with Crippen LogP contribution in [0.5, 0.6) is 0 Å². The first-order valence-electron chi connectivity index (χ1n) is 8.77. The van der Waals surface area contributed by atoms with Gasteiger partial charge in [-0.25, -0.2) is 0 Å². The second-order valence-electron chi connectivity index (χ2n) is 7.16. The van der Waals surface area contributed by atoms with Crippen LogP contribution in [-0.4, -0.2) is 53.8 Å². The number of nitrogens with zero attached hydrogens (tertiary/aromatic N) is 4. The Hall–Kier alpha value is -2.03. The molecule has 0 radical (unpaired) electrons. The summed E-state index contributed by atoms with van der Waals surface area (Å²) < 4.78 is 1.77. The first-order chi connectivity index (χ1) is 12.2. The highest BCUT2D eigenvalue weighted by Gasteiger charge is 2.49. The SMILES string of the molecule is CC1CNCCN1C1=C2C=NCC23C/C(=C/C#N)C=CC3N(Cl)C=C1. The molecule has 0 aromatic heterocycles. The molecule has 130 valence electrons. The number of aliphatic imine (C=N–C) groups is 1. The number of piperazine rings is 1. The molecule has 4 rings (SSSR count).